The molecule has 0 unspecified atom stereocenters. The molecule has 4 nitrogen and oxygen atoms in total. The van der Waals surface area contributed by atoms with Gasteiger partial charge in [0.05, 0.1) is 5.92 Å². The molecule has 1 fully saturated rings. The minimum Gasteiger partial charge on any atom is -0.326 e. The van der Waals surface area contributed by atoms with Crippen LogP contribution >= 0.6 is 15.9 Å². The van der Waals surface area contributed by atoms with E-state index in [1.807, 2.05) is 58.0 Å². The molecule has 1 atom stereocenters. The number of nitrogens with zero attached hydrogens (tertiary/aromatic N) is 1. The average Bonchev–Trinajstić information content (AvgIpc) is 2.97. The van der Waals surface area contributed by atoms with Crippen LogP contribution < -0.4 is 10.2 Å². The first-order valence-electron chi connectivity index (χ1n) is 8.72. The number of benzene rings is 2. The zero-order chi connectivity index (χ0) is 19.0. The van der Waals surface area contributed by atoms with E-state index in [1.165, 1.54) is 0 Å². The molecule has 0 radical (unpaired) electrons. The van der Waals surface area contributed by atoms with Gasteiger partial charge in [0.15, 0.2) is 0 Å². The van der Waals surface area contributed by atoms with Gasteiger partial charge in [-0.15, -0.1) is 0 Å². The van der Waals surface area contributed by atoms with E-state index in [2.05, 4.69) is 21.2 Å². The lowest BCUT2D eigenvalue weighted by Crippen LogP contribution is -2.28. The van der Waals surface area contributed by atoms with Crippen molar-refractivity contribution >= 4 is 39.1 Å². The summed E-state index contributed by atoms with van der Waals surface area (Å²) in [7, 11) is 0. The van der Waals surface area contributed by atoms with E-state index in [4.69, 9.17) is 0 Å². The summed E-state index contributed by atoms with van der Waals surface area (Å²) in [6.07, 6.45) is 0.244. The maximum absolute atomic E-state index is 12.7. The third-order valence-electron chi connectivity index (χ3n) is 5.13. The number of hydrogen-bond donors (Lipinski definition) is 1. The lowest BCUT2D eigenvalue weighted by atomic mass is 10.1. The zero-order valence-electron chi connectivity index (χ0n) is 15.5. The first kappa shape index (κ1) is 18.6. The van der Waals surface area contributed by atoms with Crippen LogP contribution in [0, 0.1) is 33.6 Å². The average molecular weight is 415 g/mol. The van der Waals surface area contributed by atoms with Crippen LogP contribution in [0.25, 0.3) is 0 Å². The van der Waals surface area contributed by atoms with Gasteiger partial charge in [0.1, 0.15) is 0 Å². The summed E-state index contributed by atoms with van der Waals surface area (Å²) < 4.78 is 1.02. The molecule has 26 heavy (non-hydrogen) atoms. The van der Waals surface area contributed by atoms with Crippen LogP contribution in [-0.2, 0) is 9.59 Å². The molecule has 5 heteroatoms. The van der Waals surface area contributed by atoms with E-state index < -0.39 is 0 Å². The molecular formula is C21H23BrN2O2. The Morgan fingerprint density at radius 2 is 1.85 bits per heavy atom. The van der Waals surface area contributed by atoms with Crippen LogP contribution in [-0.4, -0.2) is 18.4 Å². The van der Waals surface area contributed by atoms with Gasteiger partial charge >= 0.3 is 0 Å². The van der Waals surface area contributed by atoms with Gasteiger partial charge in [-0.3, -0.25) is 9.59 Å². The molecule has 0 bridgehead atoms. The fourth-order valence-electron chi connectivity index (χ4n) is 3.29. The van der Waals surface area contributed by atoms with Gasteiger partial charge in [-0.05, 0) is 68.1 Å². The first-order chi connectivity index (χ1) is 12.3. The van der Waals surface area contributed by atoms with Crippen molar-refractivity contribution in [2.75, 3.05) is 16.8 Å². The summed E-state index contributed by atoms with van der Waals surface area (Å²) in [5.41, 5.74) is 5.98. The van der Waals surface area contributed by atoms with Crippen molar-refractivity contribution in [2.24, 2.45) is 5.92 Å². The third-order valence-corrected chi connectivity index (χ3v) is 5.98. The molecule has 1 aliphatic heterocycles. The van der Waals surface area contributed by atoms with Crippen molar-refractivity contribution in [1.29, 1.82) is 0 Å². The highest BCUT2D eigenvalue weighted by atomic mass is 79.9. The molecule has 0 spiro atoms. The van der Waals surface area contributed by atoms with Crippen molar-refractivity contribution in [3.8, 4) is 0 Å². The molecule has 0 aliphatic carbocycles. The van der Waals surface area contributed by atoms with E-state index >= 15 is 0 Å². The van der Waals surface area contributed by atoms with Gasteiger partial charge in [-0.25, -0.2) is 0 Å². The fraction of sp³-hybridized carbons (Fsp3) is 0.333. The number of amides is 2. The maximum atomic E-state index is 12.7. The monoisotopic (exact) mass is 414 g/mol. The van der Waals surface area contributed by atoms with Crippen molar-refractivity contribution in [2.45, 2.75) is 34.1 Å². The SMILES string of the molecule is Cc1cc(NC(=O)[C@H]2CC(=O)N(c3cccc(C)c3C)C2)c(C)cc1Br. The molecule has 1 saturated heterocycles. The van der Waals surface area contributed by atoms with Crippen molar-refractivity contribution in [1.82, 2.24) is 0 Å². The summed E-state index contributed by atoms with van der Waals surface area (Å²) in [5, 5.41) is 3.00. The molecule has 2 aromatic rings. The lowest BCUT2D eigenvalue weighted by molar-refractivity contribution is -0.122. The van der Waals surface area contributed by atoms with Crippen molar-refractivity contribution in [3.63, 3.8) is 0 Å². The Bertz CT molecular complexity index is 892. The molecule has 0 aromatic heterocycles. The Kier molecular flexibility index (Phi) is 5.19. The van der Waals surface area contributed by atoms with Crippen LogP contribution in [0.5, 0.6) is 0 Å². The van der Waals surface area contributed by atoms with Gasteiger partial charge in [0, 0.05) is 28.8 Å². The van der Waals surface area contributed by atoms with Crippen LogP contribution in [0.1, 0.15) is 28.7 Å². The molecule has 1 N–H and O–H groups in total. The molecular weight excluding hydrogens is 392 g/mol. The Morgan fingerprint density at radius 1 is 1.12 bits per heavy atom. The van der Waals surface area contributed by atoms with Gasteiger partial charge < -0.3 is 10.2 Å². The standard InChI is InChI=1S/C21H23BrN2O2/c1-12-6-5-7-19(15(12)4)24-11-16(10-20(24)25)21(26)23-18-9-13(2)17(22)8-14(18)3/h5-9,16H,10-11H2,1-4H3,(H,23,26)/t16-/m0/s1. The van der Waals surface area contributed by atoms with Crippen LogP contribution in [0.15, 0.2) is 34.8 Å². The van der Waals surface area contributed by atoms with Gasteiger partial charge in [0.2, 0.25) is 11.8 Å². The first-order valence-corrected chi connectivity index (χ1v) is 9.51. The number of halogens is 1. The predicted molar refractivity (Wildman–Crippen MR) is 109 cm³/mol. The highest BCUT2D eigenvalue weighted by Crippen LogP contribution is 2.31. The van der Waals surface area contributed by atoms with Crippen molar-refractivity contribution < 1.29 is 9.59 Å². The second-order valence-corrected chi connectivity index (χ2v) is 7.88. The minimum absolute atomic E-state index is 0.00237. The second kappa shape index (κ2) is 7.23. The number of carbonyl (C=O) groups excluding carboxylic acids is 2. The van der Waals surface area contributed by atoms with E-state index in [0.29, 0.717) is 6.54 Å². The number of anilines is 2. The summed E-state index contributed by atoms with van der Waals surface area (Å²) in [5.74, 6) is -0.440. The highest BCUT2D eigenvalue weighted by Gasteiger charge is 2.35. The van der Waals surface area contributed by atoms with E-state index in [-0.39, 0.29) is 24.2 Å². The molecule has 1 aliphatic rings. The Labute approximate surface area is 162 Å². The molecule has 3 rings (SSSR count). The normalized spacial score (nSPS) is 16.9. The fourth-order valence-corrected chi connectivity index (χ4v) is 3.75. The van der Waals surface area contributed by atoms with Gasteiger partial charge in [-0.2, -0.15) is 0 Å². The summed E-state index contributed by atoms with van der Waals surface area (Å²) >= 11 is 3.50. The molecule has 136 valence electrons. The Balaban J connectivity index is 1.77. The second-order valence-electron chi connectivity index (χ2n) is 7.03. The van der Waals surface area contributed by atoms with E-state index in [9.17, 15) is 9.59 Å². The molecule has 1 heterocycles. The lowest BCUT2D eigenvalue weighted by Gasteiger charge is -2.20. The molecule has 2 amide bonds. The number of aryl methyl sites for hydroxylation is 3. The van der Waals surface area contributed by atoms with Gasteiger partial charge in [0.25, 0.3) is 0 Å². The van der Waals surface area contributed by atoms with Crippen LogP contribution in [0.4, 0.5) is 11.4 Å². The smallest absolute Gasteiger partial charge is 0.229 e. The quantitative estimate of drug-likeness (QED) is 0.792. The summed E-state index contributed by atoms with van der Waals surface area (Å²) in [4.78, 5) is 27.0. The number of carbonyl (C=O) groups is 2. The van der Waals surface area contributed by atoms with Crippen LogP contribution in [0.3, 0.4) is 0 Å². The predicted octanol–water partition coefficient (Wildman–Crippen LogP) is 4.67. The van der Waals surface area contributed by atoms with Crippen molar-refractivity contribution in [3.05, 3.63) is 57.1 Å². The Hall–Kier alpha value is -2.14. The van der Waals surface area contributed by atoms with Crippen LogP contribution in [0.2, 0.25) is 0 Å². The topological polar surface area (TPSA) is 49.4 Å². The summed E-state index contributed by atoms with van der Waals surface area (Å²) in [6.45, 7) is 8.41. The van der Waals surface area contributed by atoms with Gasteiger partial charge in [-0.1, -0.05) is 28.1 Å². The minimum atomic E-state index is -0.342. The largest absolute Gasteiger partial charge is 0.326 e. The highest BCUT2D eigenvalue weighted by molar-refractivity contribution is 9.10. The number of hydrogen-bond acceptors (Lipinski definition) is 2. The molecule has 0 saturated carbocycles. The van der Waals surface area contributed by atoms with E-state index in [0.717, 1.165) is 38.1 Å². The summed E-state index contributed by atoms with van der Waals surface area (Å²) in [6, 6.07) is 9.88. The third kappa shape index (κ3) is 3.54. The maximum Gasteiger partial charge on any atom is 0.229 e. The number of nitrogens with one attached hydrogen (secondary N) is 1. The van der Waals surface area contributed by atoms with E-state index in [1.54, 1.807) is 4.90 Å². The molecule has 2 aromatic carbocycles. The Morgan fingerprint density at radius 3 is 2.58 bits per heavy atom. The number of rotatable bonds is 3. The zero-order valence-corrected chi connectivity index (χ0v) is 17.1.